The second-order valence-electron chi connectivity index (χ2n) is 5.74. The van der Waals surface area contributed by atoms with E-state index in [9.17, 15) is 31.4 Å². The molecule has 2 atom stereocenters. The molecular weight excluding hydrogens is 392 g/mol. The van der Waals surface area contributed by atoms with Crippen molar-refractivity contribution >= 4 is 11.9 Å². The molecule has 2 aliphatic heterocycles. The van der Waals surface area contributed by atoms with Crippen molar-refractivity contribution in [3.8, 4) is 0 Å². The summed E-state index contributed by atoms with van der Waals surface area (Å²) in [4.78, 5) is 22.5. The number of likely N-dealkylation sites (N-methyl/N-ethyl adjacent to an activating group) is 1. The zero-order chi connectivity index (χ0) is 21.4. The summed E-state index contributed by atoms with van der Waals surface area (Å²) in [6, 6.07) is 0.355. The standard InChI is InChI=1S/C9H19N3O.2C2HF3O2/c1-11-2-4-12(5-3-11)8-6-10-7-9(8)13;2*3-2(4,5)1(6)7/h8-10,13H,2-7H2,1H3;2*(H,6,7)/t8-,9-;;/m0../s1. The average molecular weight is 413 g/mol. The molecule has 2 heterocycles. The van der Waals surface area contributed by atoms with Crippen LogP contribution in [0, 0.1) is 0 Å². The Balaban J connectivity index is 0.000000416. The minimum atomic E-state index is -5.08. The Morgan fingerprint density at radius 3 is 1.52 bits per heavy atom. The Kier molecular flexibility index (Phi) is 9.99. The first kappa shape index (κ1) is 25.4. The summed E-state index contributed by atoms with van der Waals surface area (Å²) in [6.45, 7) is 6.16. The highest BCUT2D eigenvalue weighted by Crippen LogP contribution is 2.14. The lowest BCUT2D eigenvalue weighted by Gasteiger charge is -2.37. The lowest BCUT2D eigenvalue weighted by atomic mass is 10.1. The number of piperazine rings is 1. The van der Waals surface area contributed by atoms with E-state index in [1.807, 2.05) is 0 Å². The molecule has 0 radical (unpaired) electrons. The molecule has 14 heteroatoms. The fraction of sp³-hybridized carbons (Fsp3) is 0.846. The molecular formula is C13H21F6N3O5. The number of nitrogens with one attached hydrogen (secondary N) is 1. The SMILES string of the molecule is CN1CCN([C@H]2CNC[C@@H]2O)CC1.O=C(O)C(F)(F)F.O=C(O)C(F)(F)F. The topological polar surface area (TPSA) is 113 Å². The maximum Gasteiger partial charge on any atom is 0.490 e. The normalized spacial score (nSPS) is 24.3. The molecule has 0 aromatic carbocycles. The van der Waals surface area contributed by atoms with E-state index in [1.54, 1.807) is 0 Å². The predicted octanol–water partition coefficient (Wildman–Crippen LogP) is -0.167. The molecule has 0 unspecified atom stereocenters. The van der Waals surface area contributed by atoms with Gasteiger partial charge in [-0.1, -0.05) is 0 Å². The lowest BCUT2D eigenvalue weighted by Crippen LogP contribution is -2.52. The third kappa shape index (κ3) is 10.3. The van der Waals surface area contributed by atoms with Crippen molar-refractivity contribution in [1.29, 1.82) is 0 Å². The summed E-state index contributed by atoms with van der Waals surface area (Å²) < 4.78 is 63.5. The number of halogens is 6. The van der Waals surface area contributed by atoms with E-state index in [2.05, 4.69) is 22.2 Å². The van der Waals surface area contributed by atoms with Crippen LogP contribution < -0.4 is 5.32 Å². The van der Waals surface area contributed by atoms with Crippen molar-refractivity contribution in [1.82, 2.24) is 15.1 Å². The average Bonchev–Trinajstić information content (AvgIpc) is 2.93. The van der Waals surface area contributed by atoms with Gasteiger partial charge in [-0.25, -0.2) is 9.59 Å². The highest BCUT2D eigenvalue weighted by atomic mass is 19.4. The van der Waals surface area contributed by atoms with Gasteiger partial charge in [0.05, 0.1) is 6.10 Å². The molecule has 2 saturated heterocycles. The number of alkyl halides is 6. The smallest absolute Gasteiger partial charge is 0.475 e. The van der Waals surface area contributed by atoms with Crippen LogP contribution in [0.4, 0.5) is 26.3 Å². The first-order chi connectivity index (χ1) is 12.2. The van der Waals surface area contributed by atoms with Crippen molar-refractivity contribution in [3.05, 3.63) is 0 Å². The molecule has 4 N–H and O–H groups in total. The summed E-state index contributed by atoms with van der Waals surface area (Å²) in [5, 5.41) is 27.2. The first-order valence-corrected chi connectivity index (χ1v) is 7.57. The van der Waals surface area contributed by atoms with Crippen LogP contribution in [0.2, 0.25) is 0 Å². The number of aliphatic hydroxyl groups is 1. The van der Waals surface area contributed by atoms with Crippen molar-refractivity contribution in [2.24, 2.45) is 0 Å². The number of aliphatic carboxylic acids is 2. The van der Waals surface area contributed by atoms with E-state index in [4.69, 9.17) is 19.8 Å². The van der Waals surface area contributed by atoms with Gasteiger partial charge < -0.3 is 25.5 Å². The van der Waals surface area contributed by atoms with Crippen molar-refractivity contribution < 1.29 is 51.3 Å². The third-order valence-corrected chi connectivity index (χ3v) is 3.64. The molecule has 160 valence electrons. The molecule has 8 nitrogen and oxygen atoms in total. The summed E-state index contributed by atoms with van der Waals surface area (Å²) in [7, 11) is 2.15. The Labute approximate surface area is 150 Å². The number of aliphatic hydroxyl groups excluding tert-OH is 1. The van der Waals surface area contributed by atoms with Gasteiger partial charge in [-0.15, -0.1) is 0 Å². The Morgan fingerprint density at radius 2 is 1.26 bits per heavy atom. The Hall–Kier alpha value is -1.64. The first-order valence-electron chi connectivity index (χ1n) is 7.57. The Bertz CT molecular complexity index is 456. The fourth-order valence-corrected chi connectivity index (χ4v) is 2.18. The van der Waals surface area contributed by atoms with E-state index in [-0.39, 0.29) is 6.10 Å². The van der Waals surface area contributed by atoms with Crippen LogP contribution >= 0.6 is 0 Å². The summed E-state index contributed by atoms with van der Waals surface area (Å²) in [5.41, 5.74) is 0. The number of hydrogen-bond donors (Lipinski definition) is 4. The van der Waals surface area contributed by atoms with Gasteiger partial charge >= 0.3 is 24.3 Å². The molecule has 0 aromatic rings. The van der Waals surface area contributed by atoms with E-state index in [1.165, 1.54) is 0 Å². The maximum atomic E-state index is 10.6. The number of nitrogens with zero attached hydrogens (tertiary/aromatic N) is 2. The molecule has 2 rings (SSSR count). The highest BCUT2D eigenvalue weighted by molar-refractivity contribution is 5.73. The number of carboxylic acids is 2. The van der Waals surface area contributed by atoms with E-state index >= 15 is 0 Å². The summed E-state index contributed by atoms with van der Waals surface area (Å²) >= 11 is 0. The summed E-state index contributed by atoms with van der Waals surface area (Å²) in [5.74, 6) is -5.51. The van der Waals surface area contributed by atoms with E-state index < -0.39 is 24.3 Å². The van der Waals surface area contributed by atoms with Crippen LogP contribution in [0.25, 0.3) is 0 Å². The maximum absolute atomic E-state index is 10.6. The molecule has 0 aromatic heterocycles. The molecule has 0 amide bonds. The summed E-state index contributed by atoms with van der Waals surface area (Å²) in [6.07, 6.45) is -10.3. The predicted molar refractivity (Wildman–Crippen MR) is 79.1 cm³/mol. The monoisotopic (exact) mass is 413 g/mol. The van der Waals surface area contributed by atoms with Crippen LogP contribution in [0.15, 0.2) is 0 Å². The minimum Gasteiger partial charge on any atom is -0.475 e. The molecule has 0 bridgehead atoms. The van der Waals surface area contributed by atoms with Gasteiger partial charge in [0.2, 0.25) is 0 Å². The Morgan fingerprint density at radius 1 is 0.889 bits per heavy atom. The number of carboxylic acid groups (broad SMARTS) is 2. The van der Waals surface area contributed by atoms with Crippen LogP contribution in [0.5, 0.6) is 0 Å². The van der Waals surface area contributed by atoms with Gasteiger partial charge in [0, 0.05) is 45.3 Å². The number of carbonyl (C=O) groups is 2. The van der Waals surface area contributed by atoms with Crippen LogP contribution in [-0.4, -0.2) is 108 Å². The number of rotatable bonds is 1. The van der Waals surface area contributed by atoms with Crippen molar-refractivity contribution in [2.75, 3.05) is 46.3 Å². The van der Waals surface area contributed by atoms with E-state index in [0.29, 0.717) is 6.04 Å². The second-order valence-corrected chi connectivity index (χ2v) is 5.74. The fourth-order valence-electron chi connectivity index (χ4n) is 2.18. The van der Waals surface area contributed by atoms with E-state index in [0.717, 1.165) is 39.3 Å². The van der Waals surface area contributed by atoms with Crippen LogP contribution in [-0.2, 0) is 9.59 Å². The van der Waals surface area contributed by atoms with Gasteiger partial charge in [0.25, 0.3) is 0 Å². The molecule has 2 aliphatic rings. The molecule has 0 spiro atoms. The molecule has 27 heavy (non-hydrogen) atoms. The molecule has 2 fully saturated rings. The van der Waals surface area contributed by atoms with Gasteiger partial charge in [-0.3, -0.25) is 4.90 Å². The third-order valence-electron chi connectivity index (χ3n) is 3.64. The lowest BCUT2D eigenvalue weighted by molar-refractivity contribution is -0.193. The molecule has 0 saturated carbocycles. The van der Waals surface area contributed by atoms with Crippen LogP contribution in [0.3, 0.4) is 0 Å². The number of β-amino-alcohol motifs (C(OH)–C–C–N with tert-alkyl or cyclic N) is 1. The zero-order valence-corrected chi connectivity index (χ0v) is 14.2. The largest absolute Gasteiger partial charge is 0.490 e. The minimum absolute atomic E-state index is 0.164. The van der Waals surface area contributed by atoms with Gasteiger partial charge in [0.15, 0.2) is 0 Å². The second kappa shape index (κ2) is 10.6. The van der Waals surface area contributed by atoms with Crippen molar-refractivity contribution in [3.63, 3.8) is 0 Å². The quantitative estimate of drug-likeness (QED) is 0.439. The van der Waals surface area contributed by atoms with Crippen LogP contribution in [0.1, 0.15) is 0 Å². The van der Waals surface area contributed by atoms with Gasteiger partial charge in [-0.05, 0) is 7.05 Å². The zero-order valence-electron chi connectivity index (χ0n) is 14.2. The van der Waals surface area contributed by atoms with Gasteiger partial charge in [-0.2, -0.15) is 26.3 Å². The number of hydrogen-bond acceptors (Lipinski definition) is 6. The molecule has 0 aliphatic carbocycles. The van der Waals surface area contributed by atoms with Gasteiger partial charge in [0.1, 0.15) is 0 Å². The van der Waals surface area contributed by atoms with Crippen molar-refractivity contribution in [2.45, 2.75) is 24.5 Å². The highest BCUT2D eigenvalue weighted by Gasteiger charge is 2.38.